The number of hydrogen-bond acceptors (Lipinski definition) is 8. The molecular weight excluding hydrogens is 362 g/mol. The van der Waals surface area contributed by atoms with Crippen LogP contribution in [-0.2, 0) is 28.5 Å². The molecule has 0 bridgehead atoms. The molecule has 0 aromatic rings. The van der Waals surface area contributed by atoms with E-state index in [0.717, 1.165) is 4.90 Å². The summed E-state index contributed by atoms with van der Waals surface area (Å²) < 4.78 is 18.7. The number of alkyl carbamates (subject to hydrolysis) is 2. The zero-order chi connectivity index (χ0) is 20.1. The van der Waals surface area contributed by atoms with E-state index >= 15 is 0 Å². The van der Waals surface area contributed by atoms with Crippen molar-refractivity contribution in [3.8, 4) is 0 Å². The first kappa shape index (κ1) is 22.4. The molecule has 1 heterocycles. The number of nitrogens with zero attached hydrogens (tertiary/aromatic N) is 1. The van der Waals surface area contributed by atoms with E-state index in [-0.39, 0.29) is 20.1 Å². The van der Waals surface area contributed by atoms with Crippen molar-refractivity contribution in [2.75, 3.05) is 40.9 Å². The van der Waals surface area contributed by atoms with Gasteiger partial charge in [0, 0.05) is 39.5 Å². The van der Waals surface area contributed by atoms with Gasteiger partial charge in [0.1, 0.15) is 0 Å². The molecule has 0 aromatic heterocycles. The predicted molar refractivity (Wildman–Crippen MR) is 91.4 cm³/mol. The second-order valence-corrected chi connectivity index (χ2v) is 5.56. The van der Waals surface area contributed by atoms with Crippen LogP contribution >= 0.6 is 0 Å². The third kappa shape index (κ3) is 9.01. The highest BCUT2D eigenvalue weighted by atomic mass is 16.7. The van der Waals surface area contributed by atoms with E-state index in [4.69, 9.17) is 4.74 Å². The minimum atomic E-state index is -0.713. The van der Waals surface area contributed by atoms with Crippen molar-refractivity contribution in [2.24, 2.45) is 0 Å². The van der Waals surface area contributed by atoms with Crippen LogP contribution in [-0.4, -0.2) is 75.8 Å². The fraction of sp³-hybridized carbons (Fsp3) is 0.625. The molecule has 27 heavy (non-hydrogen) atoms. The summed E-state index contributed by atoms with van der Waals surface area (Å²) in [5.74, 6) is -0.862. The first-order valence-corrected chi connectivity index (χ1v) is 8.33. The van der Waals surface area contributed by atoms with Gasteiger partial charge in [-0.05, 0) is 19.3 Å². The third-order valence-electron chi connectivity index (χ3n) is 3.49. The molecule has 1 aliphatic heterocycles. The molecule has 0 saturated carbocycles. The quantitative estimate of drug-likeness (QED) is 0.274. The number of hydrogen-bond donors (Lipinski definition) is 2. The Morgan fingerprint density at radius 3 is 2.19 bits per heavy atom. The van der Waals surface area contributed by atoms with Gasteiger partial charge in [0.25, 0.3) is 11.8 Å². The summed E-state index contributed by atoms with van der Waals surface area (Å²) in [7, 11) is 2.78. The van der Waals surface area contributed by atoms with E-state index in [9.17, 15) is 19.2 Å². The zero-order valence-electron chi connectivity index (χ0n) is 15.4. The largest absolute Gasteiger partial charge is 0.422 e. The summed E-state index contributed by atoms with van der Waals surface area (Å²) in [6, 6.07) is -0.498. The average Bonchev–Trinajstić information content (AvgIpc) is 2.96. The Bertz CT molecular complexity index is 534. The fourth-order valence-corrected chi connectivity index (χ4v) is 2.23. The highest BCUT2D eigenvalue weighted by Crippen LogP contribution is 2.09. The standard InChI is InChI=1S/C16H25N3O8/c1-24-10-26-15(22)17-8-4-3-5-12(18-16(23)27-11-25-2)9-19-13(20)6-7-14(19)21/h6-7,12H,3-5,8-11H2,1-2H3,(H,17,22)(H,18,23). The van der Waals surface area contributed by atoms with Crippen molar-refractivity contribution >= 4 is 24.0 Å². The monoisotopic (exact) mass is 387 g/mol. The molecule has 0 saturated heterocycles. The number of carbonyl (C=O) groups is 4. The van der Waals surface area contributed by atoms with Crippen molar-refractivity contribution in [3.05, 3.63) is 12.2 Å². The molecule has 4 amide bonds. The molecular formula is C16H25N3O8. The van der Waals surface area contributed by atoms with Crippen LogP contribution < -0.4 is 10.6 Å². The Morgan fingerprint density at radius 2 is 1.59 bits per heavy atom. The summed E-state index contributed by atoms with van der Waals surface area (Å²) in [5.41, 5.74) is 0. The van der Waals surface area contributed by atoms with Gasteiger partial charge >= 0.3 is 12.2 Å². The van der Waals surface area contributed by atoms with E-state index in [1.165, 1.54) is 26.4 Å². The number of nitrogens with one attached hydrogen (secondary N) is 2. The van der Waals surface area contributed by atoms with Gasteiger partial charge in [-0.2, -0.15) is 0 Å². The van der Waals surface area contributed by atoms with Gasteiger partial charge in [-0.15, -0.1) is 0 Å². The van der Waals surface area contributed by atoms with E-state index in [2.05, 4.69) is 24.8 Å². The molecule has 11 heteroatoms. The molecule has 0 aromatic carbocycles. The van der Waals surface area contributed by atoms with Crippen LogP contribution in [0.2, 0.25) is 0 Å². The van der Waals surface area contributed by atoms with Crippen molar-refractivity contribution in [1.82, 2.24) is 15.5 Å². The number of imide groups is 1. The molecule has 1 rings (SSSR count). The van der Waals surface area contributed by atoms with Gasteiger partial charge in [0.15, 0.2) is 13.6 Å². The summed E-state index contributed by atoms with van der Waals surface area (Å²) in [6.07, 6.45) is 2.74. The second-order valence-electron chi connectivity index (χ2n) is 5.56. The van der Waals surface area contributed by atoms with Crippen LogP contribution in [0.15, 0.2) is 12.2 Å². The predicted octanol–water partition coefficient (Wildman–Crippen LogP) is 0.111. The molecule has 1 unspecified atom stereocenters. The van der Waals surface area contributed by atoms with Gasteiger partial charge in [0.2, 0.25) is 0 Å². The first-order chi connectivity index (χ1) is 13.0. The number of methoxy groups -OCH3 is 2. The van der Waals surface area contributed by atoms with Crippen molar-refractivity contribution < 1.29 is 38.1 Å². The lowest BCUT2D eigenvalue weighted by atomic mass is 10.1. The van der Waals surface area contributed by atoms with Crippen molar-refractivity contribution in [3.63, 3.8) is 0 Å². The Morgan fingerprint density at radius 1 is 1.00 bits per heavy atom. The summed E-state index contributed by atoms with van der Waals surface area (Å²) in [4.78, 5) is 47.4. The fourth-order valence-electron chi connectivity index (χ4n) is 2.23. The maximum atomic E-state index is 11.7. The summed E-state index contributed by atoms with van der Waals surface area (Å²) in [5, 5.41) is 5.15. The van der Waals surface area contributed by atoms with Gasteiger partial charge in [-0.25, -0.2) is 9.59 Å². The number of amides is 4. The maximum Gasteiger partial charge on any atom is 0.409 e. The summed E-state index contributed by atoms with van der Waals surface area (Å²) >= 11 is 0. The zero-order valence-corrected chi connectivity index (χ0v) is 15.4. The average molecular weight is 387 g/mol. The van der Waals surface area contributed by atoms with E-state index in [1.807, 2.05) is 0 Å². The normalized spacial score (nSPS) is 14.2. The smallest absolute Gasteiger partial charge is 0.409 e. The topological polar surface area (TPSA) is 132 Å². The molecule has 0 radical (unpaired) electrons. The molecule has 11 nitrogen and oxygen atoms in total. The SMILES string of the molecule is COCOC(=O)NCCCCC(CN1C(=O)C=CC1=O)NC(=O)OCOC. The lowest BCUT2D eigenvalue weighted by Gasteiger charge is -2.23. The Balaban J connectivity index is 2.41. The van der Waals surface area contributed by atoms with Gasteiger partial charge in [-0.3, -0.25) is 14.5 Å². The molecule has 0 spiro atoms. The van der Waals surface area contributed by atoms with Crippen LogP contribution in [0.4, 0.5) is 9.59 Å². The lowest BCUT2D eigenvalue weighted by molar-refractivity contribution is -0.137. The van der Waals surface area contributed by atoms with Crippen LogP contribution in [0.5, 0.6) is 0 Å². The third-order valence-corrected chi connectivity index (χ3v) is 3.49. The maximum absolute atomic E-state index is 11.7. The van der Waals surface area contributed by atoms with E-state index < -0.39 is 30.0 Å². The highest BCUT2D eigenvalue weighted by molar-refractivity contribution is 6.12. The van der Waals surface area contributed by atoms with E-state index in [0.29, 0.717) is 25.8 Å². The molecule has 152 valence electrons. The molecule has 0 aliphatic carbocycles. The highest BCUT2D eigenvalue weighted by Gasteiger charge is 2.27. The van der Waals surface area contributed by atoms with Gasteiger partial charge in [-0.1, -0.05) is 0 Å². The van der Waals surface area contributed by atoms with E-state index in [1.54, 1.807) is 0 Å². The number of ether oxygens (including phenoxy) is 4. The minimum Gasteiger partial charge on any atom is -0.422 e. The molecule has 1 aliphatic rings. The molecule has 1 atom stereocenters. The number of carbonyl (C=O) groups excluding carboxylic acids is 4. The van der Waals surface area contributed by atoms with Crippen LogP contribution in [0.25, 0.3) is 0 Å². The Kier molecular flexibility index (Phi) is 10.5. The van der Waals surface area contributed by atoms with Crippen LogP contribution in [0, 0.1) is 0 Å². The minimum absolute atomic E-state index is 0.0239. The number of unbranched alkanes of at least 4 members (excludes halogenated alkanes) is 1. The Labute approximate surface area is 156 Å². The second kappa shape index (κ2) is 12.7. The lowest BCUT2D eigenvalue weighted by Crippen LogP contribution is -2.46. The van der Waals surface area contributed by atoms with Gasteiger partial charge in [0.05, 0.1) is 6.04 Å². The Hall–Kier alpha value is -2.66. The number of rotatable bonds is 12. The first-order valence-electron chi connectivity index (χ1n) is 8.33. The van der Waals surface area contributed by atoms with Gasteiger partial charge < -0.3 is 29.6 Å². The summed E-state index contributed by atoms with van der Waals surface area (Å²) in [6.45, 7) is 0.0467. The van der Waals surface area contributed by atoms with Crippen molar-refractivity contribution in [2.45, 2.75) is 25.3 Å². The molecule has 2 N–H and O–H groups in total. The van der Waals surface area contributed by atoms with Crippen LogP contribution in [0.3, 0.4) is 0 Å². The molecule has 0 fully saturated rings. The van der Waals surface area contributed by atoms with Crippen LogP contribution in [0.1, 0.15) is 19.3 Å². The van der Waals surface area contributed by atoms with Crippen molar-refractivity contribution in [1.29, 1.82) is 0 Å².